The molecule has 0 radical (unpaired) electrons. The largest absolute Gasteiger partial charge is 0.388 e. The number of ether oxygens (including phenoxy) is 1. The smallest absolute Gasteiger partial charge is 0.129 e. The SMILES string of the molecule is CC(C)c1cc(NCC2(O)CCOCC2)ncn1. The summed E-state index contributed by atoms with van der Waals surface area (Å²) in [6.07, 6.45) is 2.90. The van der Waals surface area contributed by atoms with E-state index in [-0.39, 0.29) is 0 Å². The van der Waals surface area contributed by atoms with Crippen LogP contribution in [0, 0.1) is 0 Å². The van der Waals surface area contributed by atoms with E-state index in [2.05, 4.69) is 29.1 Å². The van der Waals surface area contributed by atoms with Gasteiger partial charge in [-0.1, -0.05) is 13.8 Å². The highest BCUT2D eigenvalue weighted by Crippen LogP contribution is 2.21. The normalized spacial score (nSPS) is 18.9. The van der Waals surface area contributed by atoms with Crippen LogP contribution in [0.4, 0.5) is 5.82 Å². The van der Waals surface area contributed by atoms with Crippen LogP contribution in [-0.2, 0) is 4.74 Å². The van der Waals surface area contributed by atoms with E-state index in [9.17, 15) is 5.11 Å². The van der Waals surface area contributed by atoms with Crippen molar-refractivity contribution in [3.8, 4) is 0 Å². The van der Waals surface area contributed by atoms with Crippen molar-refractivity contribution < 1.29 is 9.84 Å². The molecule has 5 nitrogen and oxygen atoms in total. The van der Waals surface area contributed by atoms with Gasteiger partial charge in [0.15, 0.2) is 0 Å². The first-order valence-electron chi connectivity index (χ1n) is 6.45. The molecular weight excluding hydrogens is 230 g/mol. The lowest BCUT2D eigenvalue weighted by Crippen LogP contribution is -2.42. The maximum Gasteiger partial charge on any atom is 0.129 e. The molecule has 2 rings (SSSR count). The molecule has 100 valence electrons. The highest BCUT2D eigenvalue weighted by atomic mass is 16.5. The van der Waals surface area contributed by atoms with Crippen LogP contribution >= 0.6 is 0 Å². The molecule has 2 heterocycles. The van der Waals surface area contributed by atoms with Crippen molar-refractivity contribution in [1.82, 2.24) is 9.97 Å². The van der Waals surface area contributed by atoms with Gasteiger partial charge in [-0.05, 0) is 5.92 Å². The van der Waals surface area contributed by atoms with Crippen molar-refractivity contribution >= 4 is 5.82 Å². The van der Waals surface area contributed by atoms with Crippen molar-refractivity contribution in [2.24, 2.45) is 0 Å². The zero-order chi connectivity index (χ0) is 13.0. The van der Waals surface area contributed by atoms with Gasteiger partial charge in [-0.25, -0.2) is 9.97 Å². The monoisotopic (exact) mass is 251 g/mol. The molecule has 1 aromatic rings. The lowest BCUT2D eigenvalue weighted by molar-refractivity contribution is -0.0543. The van der Waals surface area contributed by atoms with Crippen LogP contribution in [0.3, 0.4) is 0 Å². The third kappa shape index (κ3) is 3.40. The molecule has 5 heteroatoms. The molecule has 0 aromatic carbocycles. The minimum Gasteiger partial charge on any atom is -0.388 e. The standard InChI is InChI=1S/C13H21N3O2/c1-10(2)11-7-12(16-9-15-11)14-8-13(17)3-5-18-6-4-13/h7,9-10,17H,3-6,8H2,1-2H3,(H,14,15,16). The first-order chi connectivity index (χ1) is 8.59. The lowest BCUT2D eigenvalue weighted by Gasteiger charge is -2.32. The Labute approximate surface area is 108 Å². The van der Waals surface area contributed by atoms with Gasteiger partial charge < -0.3 is 15.2 Å². The number of anilines is 1. The van der Waals surface area contributed by atoms with E-state index in [0.717, 1.165) is 11.5 Å². The Hall–Kier alpha value is -1.20. The molecule has 1 saturated heterocycles. The Morgan fingerprint density at radius 2 is 2.11 bits per heavy atom. The van der Waals surface area contributed by atoms with E-state index in [1.165, 1.54) is 0 Å². The molecule has 0 bridgehead atoms. The van der Waals surface area contributed by atoms with Crippen LogP contribution in [0.2, 0.25) is 0 Å². The average Bonchev–Trinajstić information content (AvgIpc) is 2.38. The molecule has 0 spiro atoms. The molecule has 0 aliphatic carbocycles. The van der Waals surface area contributed by atoms with Gasteiger partial charge in [0.2, 0.25) is 0 Å². The summed E-state index contributed by atoms with van der Waals surface area (Å²) in [4.78, 5) is 8.39. The first kappa shape index (κ1) is 13.2. The summed E-state index contributed by atoms with van der Waals surface area (Å²) in [5, 5.41) is 13.5. The minimum atomic E-state index is -0.679. The van der Waals surface area contributed by atoms with E-state index in [1.54, 1.807) is 6.33 Å². The highest BCUT2D eigenvalue weighted by Gasteiger charge is 2.29. The number of aromatic nitrogens is 2. The number of aliphatic hydroxyl groups is 1. The molecule has 18 heavy (non-hydrogen) atoms. The molecule has 1 aliphatic heterocycles. The van der Waals surface area contributed by atoms with Crippen LogP contribution < -0.4 is 5.32 Å². The molecule has 2 N–H and O–H groups in total. The molecular formula is C13H21N3O2. The fraction of sp³-hybridized carbons (Fsp3) is 0.692. The van der Waals surface area contributed by atoms with E-state index >= 15 is 0 Å². The quantitative estimate of drug-likeness (QED) is 0.850. The fourth-order valence-electron chi connectivity index (χ4n) is 1.97. The van der Waals surface area contributed by atoms with Crippen LogP contribution in [-0.4, -0.2) is 40.4 Å². The maximum absolute atomic E-state index is 10.3. The molecule has 1 aromatic heterocycles. The third-order valence-corrected chi connectivity index (χ3v) is 3.30. The van der Waals surface area contributed by atoms with Gasteiger partial charge in [0.1, 0.15) is 12.1 Å². The maximum atomic E-state index is 10.3. The Morgan fingerprint density at radius 3 is 2.78 bits per heavy atom. The summed E-state index contributed by atoms with van der Waals surface area (Å²) < 4.78 is 5.25. The predicted octanol–water partition coefficient (Wildman–Crippen LogP) is 1.55. The lowest BCUT2D eigenvalue weighted by atomic mass is 9.94. The van der Waals surface area contributed by atoms with Crippen molar-refractivity contribution in [2.75, 3.05) is 25.1 Å². The van der Waals surface area contributed by atoms with Gasteiger partial charge in [-0.15, -0.1) is 0 Å². The van der Waals surface area contributed by atoms with Gasteiger partial charge in [0.05, 0.1) is 5.60 Å². The third-order valence-electron chi connectivity index (χ3n) is 3.30. The van der Waals surface area contributed by atoms with Gasteiger partial charge >= 0.3 is 0 Å². The van der Waals surface area contributed by atoms with Crippen LogP contribution in [0.1, 0.15) is 38.3 Å². The van der Waals surface area contributed by atoms with Crippen molar-refractivity contribution in [3.05, 3.63) is 18.1 Å². The molecule has 0 atom stereocenters. The van der Waals surface area contributed by atoms with Gasteiger partial charge in [-0.3, -0.25) is 0 Å². The molecule has 0 saturated carbocycles. The number of hydrogen-bond donors (Lipinski definition) is 2. The van der Waals surface area contributed by atoms with Crippen LogP contribution in [0.25, 0.3) is 0 Å². The number of nitrogens with zero attached hydrogens (tertiary/aromatic N) is 2. The molecule has 1 aliphatic rings. The summed E-state index contributed by atoms with van der Waals surface area (Å²) in [6, 6.07) is 1.94. The summed E-state index contributed by atoms with van der Waals surface area (Å²) in [5.41, 5.74) is 0.327. The average molecular weight is 251 g/mol. The second kappa shape index (κ2) is 5.63. The number of nitrogens with one attached hydrogen (secondary N) is 1. The zero-order valence-corrected chi connectivity index (χ0v) is 11.0. The Bertz CT molecular complexity index is 390. The van der Waals surface area contributed by atoms with E-state index in [1.807, 2.05) is 6.07 Å². The fourth-order valence-corrected chi connectivity index (χ4v) is 1.97. The van der Waals surface area contributed by atoms with E-state index in [0.29, 0.717) is 38.5 Å². The van der Waals surface area contributed by atoms with Crippen LogP contribution in [0.15, 0.2) is 12.4 Å². The Balaban J connectivity index is 1.95. The second-order valence-corrected chi connectivity index (χ2v) is 5.17. The molecule has 1 fully saturated rings. The molecule has 0 amide bonds. The van der Waals surface area contributed by atoms with E-state index < -0.39 is 5.60 Å². The topological polar surface area (TPSA) is 67.3 Å². The van der Waals surface area contributed by atoms with Crippen molar-refractivity contribution in [3.63, 3.8) is 0 Å². The van der Waals surface area contributed by atoms with Crippen molar-refractivity contribution in [2.45, 2.75) is 38.2 Å². The highest BCUT2D eigenvalue weighted by molar-refractivity contribution is 5.36. The summed E-state index contributed by atoms with van der Waals surface area (Å²) in [6.45, 7) is 5.94. The zero-order valence-electron chi connectivity index (χ0n) is 11.0. The molecule has 0 unspecified atom stereocenters. The first-order valence-corrected chi connectivity index (χ1v) is 6.45. The van der Waals surface area contributed by atoms with E-state index in [4.69, 9.17) is 4.74 Å². The van der Waals surface area contributed by atoms with Crippen LogP contribution in [0.5, 0.6) is 0 Å². The second-order valence-electron chi connectivity index (χ2n) is 5.17. The van der Waals surface area contributed by atoms with Gasteiger partial charge in [0, 0.05) is 44.4 Å². The van der Waals surface area contributed by atoms with Crippen molar-refractivity contribution in [1.29, 1.82) is 0 Å². The predicted molar refractivity (Wildman–Crippen MR) is 69.6 cm³/mol. The van der Waals surface area contributed by atoms with Gasteiger partial charge in [0.25, 0.3) is 0 Å². The summed E-state index contributed by atoms with van der Waals surface area (Å²) in [7, 11) is 0. The summed E-state index contributed by atoms with van der Waals surface area (Å²) in [5.74, 6) is 1.15. The summed E-state index contributed by atoms with van der Waals surface area (Å²) >= 11 is 0. The van der Waals surface area contributed by atoms with Gasteiger partial charge in [-0.2, -0.15) is 0 Å². The minimum absolute atomic E-state index is 0.375. The Kier molecular flexibility index (Phi) is 4.14. The number of rotatable bonds is 4. The number of hydrogen-bond acceptors (Lipinski definition) is 5. The Morgan fingerprint density at radius 1 is 1.39 bits per heavy atom.